The van der Waals surface area contributed by atoms with Gasteiger partial charge in [-0.25, -0.2) is 9.13 Å². The van der Waals surface area contributed by atoms with E-state index in [-0.39, 0.29) is 38.5 Å². The van der Waals surface area contributed by atoms with Crippen molar-refractivity contribution in [3.05, 3.63) is 0 Å². The summed E-state index contributed by atoms with van der Waals surface area (Å²) in [5, 5.41) is 51.9. The minimum Gasteiger partial charge on any atom is -0.462 e. The fraction of sp³-hybridized carbons (Fsp3) is 0.938. The van der Waals surface area contributed by atoms with Crippen molar-refractivity contribution in [2.75, 3.05) is 13.2 Å². The van der Waals surface area contributed by atoms with Crippen LogP contribution in [-0.4, -0.2) is 175 Å². The number of hydrogen-bond acceptors (Lipinski definition) is 21. The maximum absolute atomic E-state index is 14.8. The van der Waals surface area contributed by atoms with Crippen LogP contribution in [0.3, 0.4) is 0 Å². The van der Waals surface area contributed by atoms with Gasteiger partial charge in [-0.05, 0) is 51.4 Å². The van der Waals surface area contributed by atoms with Crippen molar-refractivity contribution >= 4 is 51.3 Å². The molecule has 2 amide bonds. The smallest absolute Gasteiger partial charge is 0.462 e. The Morgan fingerprint density at radius 1 is 0.328 bits per heavy atom. The van der Waals surface area contributed by atoms with Gasteiger partial charge in [0.25, 0.3) is 0 Å². The highest BCUT2D eigenvalue weighted by atomic mass is 31.2. The first kappa shape index (κ1) is 118. The molecule has 14 atom stereocenters. The summed E-state index contributed by atoms with van der Waals surface area (Å²) in [4.78, 5) is 128. The Hall–Kier alpha value is -3.24. The first-order valence-electron chi connectivity index (χ1n) is 50.7. The zero-order valence-corrected chi connectivity index (χ0v) is 80.8. The quantitative estimate of drug-likeness (QED) is 0.0117. The van der Waals surface area contributed by atoms with Crippen LogP contribution in [-0.2, 0) is 80.1 Å². The molecule has 27 nitrogen and oxygen atoms in total. The summed E-state index contributed by atoms with van der Waals surface area (Å²) in [6, 6.07) is -3.86. The van der Waals surface area contributed by atoms with Gasteiger partial charge in [0.15, 0.2) is 24.8 Å². The van der Waals surface area contributed by atoms with Gasteiger partial charge < -0.3 is 83.8 Å². The van der Waals surface area contributed by atoms with Gasteiger partial charge in [-0.15, -0.1) is 0 Å². The summed E-state index contributed by atoms with van der Waals surface area (Å²) < 4.78 is 80.0. The number of aliphatic hydroxyl groups excluding tert-OH is 4. The third-order valence-corrected chi connectivity index (χ3v) is 25.4. The van der Waals surface area contributed by atoms with Crippen LogP contribution in [0, 0.1) is 0 Å². The molecule has 736 valence electrons. The first-order valence-corrected chi connectivity index (χ1v) is 53.8. The molecule has 29 heteroatoms. The second-order valence-corrected chi connectivity index (χ2v) is 38.6. The summed E-state index contributed by atoms with van der Waals surface area (Å²) in [7, 11) is -11.4. The summed E-state index contributed by atoms with van der Waals surface area (Å²) >= 11 is 0. The van der Waals surface area contributed by atoms with E-state index in [0.29, 0.717) is 38.5 Å². The topological polar surface area (TPSA) is 406 Å². The normalized spacial score (nSPS) is 20.2. The third-order valence-electron chi connectivity index (χ3n) is 24.4. The molecule has 125 heavy (non-hydrogen) atoms. The van der Waals surface area contributed by atoms with E-state index in [9.17, 15) is 77.9 Å². The monoisotopic (exact) mass is 1830 g/mol. The van der Waals surface area contributed by atoms with Crippen LogP contribution < -0.4 is 10.6 Å². The largest absolute Gasteiger partial charge is 0.472 e. The van der Waals surface area contributed by atoms with Gasteiger partial charge in [-0.3, -0.25) is 37.8 Å². The number of phosphoric ester groups is 2. The Morgan fingerprint density at radius 3 is 0.968 bits per heavy atom. The van der Waals surface area contributed by atoms with E-state index in [2.05, 4.69) is 52.2 Å². The van der Waals surface area contributed by atoms with Gasteiger partial charge >= 0.3 is 39.5 Å². The van der Waals surface area contributed by atoms with Crippen LogP contribution in [0.15, 0.2) is 0 Å². The number of aliphatic hydroxyl groups is 4. The van der Waals surface area contributed by atoms with E-state index in [0.717, 1.165) is 250 Å². The zero-order valence-electron chi connectivity index (χ0n) is 79.0. The van der Waals surface area contributed by atoms with E-state index in [1.54, 1.807) is 0 Å². The maximum Gasteiger partial charge on any atom is 0.472 e. The average Bonchev–Trinajstić information content (AvgIpc) is 0.780. The summed E-state index contributed by atoms with van der Waals surface area (Å²) in [5.74, 6) is -5.02. The van der Waals surface area contributed by atoms with E-state index in [4.69, 9.17) is 42.2 Å². The van der Waals surface area contributed by atoms with Crippen LogP contribution in [0.1, 0.15) is 478 Å². The van der Waals surface area contributed by atoms with Crippen molar-refractivity contribution in [1.82, 2.24) is 10.6 Å². The van der Waals surface area contributed by atoms with Crippen molar-refractivity contribution in [3.63, 3.8) is 0 Å². The number of ether oxygens (including phenoxy) is 7. The molecule has 0 bridgehead atoms. The standard InChI is InChI=1S/C96H182N2O25P2/c1-7-13-19-25-31-37-38-39-40-46-52-58-63-69-85(104)116-79(67-61-55-49-43-34-28-22-16-10-4)73-84(103)98-89-93(120-87(106)72-78(101)66-60-54-48-42-33-27-21-15-9-3)91(108)82(119-96(89)123-125(112,113)114)76-115-95-90(97-83(102)71-77(100)65-59-53-47-41-32-26-20-14-8-2)94(92(81(75-99)118-95)122-124(109,110)111)121-88(107)74-80(68-62-56-50-44-35-29-23-17-11-5)117-86(105)70-64-57-51-45-36-30-24-18-12-6/h77-82,89-96,99-101,108H,7-76H2,1-6H3,(H,97,102)(H,98,103)(H2,109,110,111)(H2,112,113,114)/t77?,78?,79?,80?,81?,82?,89-,90-,91+,92?,93?,94?,95+,96?/m0/s1. The number of nitrogens with one attached hydrogen (secondary N) is 2. The van der Waals surface area contributed by atoms with Crippen LogP contribution in [0.2, 0.25) is 0 Å². The van der Waals surface area contributed by atoms with Crippen molar-refractivity contribution < 1.29 is 120 Å². The van der Waals surface area contributed by atoms with Crippen molar-refractivity contribution in [2.45, 2.75) is 564 Å². The minimum atomic E-state index is -5.71. The molecule has 10 unspecified atom stereocenters. The average molecular weight is 1830 g/mol. The van der Waals surface area contributed by atoms with E-state index in [1.165, 1.54) is 83.5 Å². The third kappa shape index (κ3) is 63.5. The van der Waals surface area contributed by atoms with Crippen LogP contribution in [0.4, 0.5) is 0 Å². The Balaban J connectivity index is 2.77. The van der Waals surface area contributed by atoms with E-state index >= 15 is 0 Å². The SMILES string of the molecule is CCCCCCCCCCCCCCCC(=O)OC(CCCCCCCCCCC)CC(=O)N[C@@H]1C(OP(=O)(O)O)OC(CO[C@@H]2OC(CO)C(OP(=O)(O)O)C(OC(=O)CC(CCCCCCCCCCC)OC(=O)CCCCCCCCCCC)[C@@H]2NC(=O)CC(O)CCCCCCCCCCC)[C@@H](O)C1OC(=O)CC(O)CCCCCCCCCCC. The Labute approximate surface area is 755 Å². The lowest BCUT2D eigenvalue weighted by atomic mass is 9.95. The molecule has 0 aliphatic carbocycles. The highest BCUT2D eigenvalue weighted by Gasteiger charge is 2.55. The van der Waals surface area contributed by atoms with Gasteiger partial charge in [0.05, 0.1) is 51.1 Å². The minimum absolute atomic E-state index is 0.0817. The van der Waals surface area contributed by atoms with Crippen molar-refractivity contribution in [2.24, 2.45) is 0 Å². The van der Waals surface area contributed by atoms with Crippen molar-refractivity contribution in [3.8, 4) is 0 Å². The number of phosphoric acid groups is 2. The Kier molecular flexibility index (Phi) is 72.8. The summed E-state index contributed by atoms with van der Waals surface area (Å²) in [6.07, 6.45) is 36.9. The molecule has 0 saturated carbocycles. The van der Waals surface area contributed by atoms with E-state index in [1.807, 2.05) is 0 Å². The molecular formula is C96H182N2O25P2. The Bertz CT molecular complexity index is 2750. The molecule has 0 aromatic carbocycles. The number of hydrogen-bond donors (Lipinski definition) is 10. The highest BCUT2D eigenvalue weighted by molar-refractivity contribution is 7.46. The van der Waals surface area contributed by atoms with Crippen LogP contribution in [0.25, 0.3) is 0 Å². The number of carbonyl (C=O) groups excluding carboxylic acids is 6. The maximum atomic E-state index is 14.8. The molecule has 2 fully saturated rings. The van der Waals surface area contributed by atoms with E-state index < -0.39 is 176 Å². The van der Waals surface area contributed by atoms with Crippen molar-refractivity contribution in [1.29, 1.82) is 0 Å². The lowest BCUT2D eigenvalue weighted by molar-refractivity contribution is -0.297. The van der Waals surface area contributed by atoms with Gasteiger partial charge in [-0.2, -0.15) is 0 Å². The van der Waals surface area contributed by atoms with Crippen LogP contribution in [0.5, 0.6) is 0 Å². The zero-order chi connectivity index (χ0) is 91.8. The van der Waals surface area contributed by atoms with Gasteiger partial charge in [0.2, 0.25) is 11.8 Å². The lowest BCUT2D eigenvalue weighted by Gasteiger charge is -2.47. The van der Waals surface area contributed by atoms with Gasteiger partial charge in [0.1, 0.15) is 48.7 Å². The molecule has 10 N–H and O–H groups in total. The molecule has 0 aromatic heterocycles. The molecule has 2 aliphatic rings. The Morgan fingerprint density at radius 2 is 0.616 bits per heavy atom. The predicted molar refractivity (Wildman–Crippen MR) is 490 cm³/mol. The fourth-order valence-corrected chi connectivity index (χ4v) is 18.0. The number of esters is 4. The molecule has 2 rings (SSSR count). The summed E-state index contributed by atoms with van der Waals surface area (Å²) in [6.45, 7) is 10.9. The lowest BCUT2D eigenvalue weighted by Crippen LogP contribution is -2.68. The molecule has 0 spiro atoms. The fourth-order valence-electron chi connectivity index (χ4n) is 16.9. The summed E-state index contributed by atoms with van der Waals surface area (Å²) in [5.41, 5.74) is 0. The molecule has 2 saturated heterocycles. The molecule has 0 aromatic rings. The second-order valence-electron chi connectivity index (χ2n) is 36.2. The number of unbranched alkanes of at least 4 members (excludes halogenated alkanes) is 52. The second kappa shape index (κ2) is 77.2. The predicted octanol–water partition coefficient (Wildman–Crippen LogP) is 21.4. The van der Waals surface area contributed by atoms with Gasteiger partial charge in [-0.1, -0.05) is 388 Å². The number of carbonyl (C=O) groups is 6. The highest BCUT2D eigenvalue weighted by Crippen LogP contribution is 2.44. The number of amides is 2. The first-order chi connectivity index (χ1) is 60.3. The van der Waals surface area contributed by atoms with Crippen LogP contribution >= 0.6 is 15.6 Å². The molecule has 2 heterocycles. The number of rotatable bonds is 86. The molecular weight excluding hydrogens is 1640 g/mol. The molecule has 2 aliphatic heterocycles. The van der Waals surface area contributed by atoms with Gasteiger partial charge in [0, 0.05) is 12.8 Å². The molecule has 0 radical (unpaired) electrons.